The molecule has 2 atom stereocenters. The predicted molar refractivity (Wildman–Crippen MR) is 48.5 cm³/mol. The molecule has 1 rings (SSSR count). The molecule has 2 N–H and O–H groups in total. The van der Waals surface area contributed by atoms with Gasteiger partial charge in [0.05, 0.1) is 0 Å². The highest BCUT2D eigenvalue weighted by Gasteiger charge is 2.21. The molecule has 0 bridgehead atoms. The van der Waals surface area contributed by atoms with Crippen LogP contribution in [0.5, 0.6) is 0 Å². The lowest BCUT2D eigenvalue weighted by atomic mass is 10.00. The van der Waals surface area contributed by atoms with Crippen LogP contribution in [0.1, 0.15) is 33.1 Å². The van der Waals surface area contributed by atoms with Gasteiger partial charge in [-0.1, -0.05) is 6.92 Å². The molecule has 0 radical (unpaired) electrons. The lowest BCUT2D eigenvalue weighted by Crippen LogP contribution is -2.47. The van der Waals surface area contributed by atoms with E-state index in [2.05, 4.69) is 18.7 Å². The topological polar surface area (TPSA) is 29.3 Å². The number of piperidine rings is 1. The SMILES string of the molecule is CCCN1CC(N)CCC1C. The van der Waals surface area contributed by atoms with E-state index >= 15 is 0 Å². The fraction of sp³-hybridized carbons (Fsp3) is 1.00. The Balaban J connectivity index is 2.34. The highest BCUT2D eigenvalue weighted by Crippen LogP contribution is 2.15. The Hall–Kier alpha value is -0.0800. The summed E-state index contributed by atoms with van der Waals surface area (Å²) in [6.45, 7) is 6.86. The van der Waals surface area contributed by atoms with Crippen molar-refractivity contribution in [2.45, 2.75) is 45.2 Å². The van der Waals surface area contributed by atoms with E-state index in [1.807, 2.05) is 0 Å². The van der Waals surface area contributed by atoms with E-state index in [0.29, 0.717) is 6.04 Å². The minimum Gasteiger partial charge on any atom is -0.327 e. The van der Waals surface area contributed by atoms with Gasteiger partial charge in [0.1, 0.15) is 0 Å². The first-order chi connectivity index (χ1) is 5.24. The Morgan fingerprint density at radius 2 is 2.18 bits per heavy atom. The second-order valence-corrected chi connectivity index (χ2v) is 3.68. The summed E-state index contributed by atoms with van der Waals surface area (Å²) in [5.74, 6) is 0. The zero-order chi connectivity index (χ0) is 8.27. The molecule has 0 spiro atoms. The summed E-state index contributed by atoms with van der Waals surface area (Å²) in [5.41, 5.74) is 5.88. The molecule has 1 aliphatic heterocycles. The second-order valence-electron chi connectivity index (χ2n) is 3.68. The molecule has 0 aromatic heterocycles. The average Bonchev–Trinajstić information content (AvgIpc) is 1.98. The van der Waals surface area contributed by atoms with Crippen LogP contribution in [-0.4, -0.2) is 30.1 Å². The van der Waals surface area contributed by atoms with Crippen LogP contribution in [-0.2, 0) is 0 Å². The minimum atomic E-state index is 0.428. The summed E-state index contributed by atoms with van der Waals surface area (Å²) in [5, 5.41) is 0. The predicted octanol–water partition coefficient (Wildman–Crippen LogP) is 1.21. The molecular weight excluding hydrogens is 136 g/mol. The molecule has 1 aliphatic rings. The van der Waals surface area contributed by atoms with Crippen molar-refractivity contribution in [3.8, 4) is 0 Å². The molecule has 0 aromatic rings. The van der Waals surface area contributed by atoms with Crippen molar-refractivity contribution in [1.29, 1.82) is 0 Å². The van der Waals surface area contributed by atoms with Gasteiger partial charge in [-0.2, -0.15) is 0 Å². The summed E-state index contributed by atoms with van der Waals surface area (Å²) in [6.07, 6.45) is 3.74. The van der Waals surface area contributed by atoms with Crippen molar-refractivity contribution in [2.75, 3.05) is 13.1 Å². The van der Waals surface area contributed by atoms with Crippen LogP contribution < -0.4 is 5.73 Å². The number of nitrogens with zero attached hydrogens (tertiary/aromatic N) is 1. The lowest BCUT2D eigenvalue weighted by molar-refractivity contribution is 0.146. The molecule has 0 saturated carbocycles. The van der Waals surface area contributed by atoms with Gasteiger partial charge in [0.15, 0.2) is 0 Å². The fourth-order valence-corrected chi connectivity index (χ4v) is 1.81. The molecule has 1 saturated heterocycles. The Kier molecular flexibility index (Phi) is 3.34. The van der Waals surface area contributed by atoms with Crippen LogP contribution >= 0.6 is 0 Å². The van der Waals surface area contributed by atoms with Gasteiger partial charge in [-0.3, -0.25) is 4.90 Å². The molecule has 1 fully saturated rings. The van der Waals surface area contributed by atoms with Gasteiger partial charge in [0.25, 0.3) is 0 Å². The molecule has 66 valence electrons. The van der Waals surface area contributed by atoms with Crippen LogP contribution in [0.2, 0.25) is 0 Å². The molecule has 11 heavy (non-hydrogen) atoms. The summed E-state index contributed by atoms with van der Waals surface area (Å²) >= 11 is 0. The normalized spacial score (nSPS) is 34.1. The third kappa shape index (κ3) is 2.46. The van der Waals surface area contributed by atoms with Crippen molar-refractivity contribution in [1.82, 2.24) is 4.90 Å². The first-order valence-electron chi connectivity index (χ1n) is 4.73. The van der Waals surface area contributed by atoms with Gasteiger partial charge in [0, 0.05) is 18.6 Å². The summed E-state index contributed by atoms with van der Waals surface area (Å²) in [6, 6.07) is 1.19. The maximum atomic E-state index is 5.88. The van der Waals surface area contributed by atoms with Gasteiger partial charge in [0.2, 0.25) is 0 Å². The summed E-state index contributed by atoms with van der Waals surface area (Å²) in [4.78, 5) is 2.51. The summed E-state index contributed by atoms with van der Waals surface area (Å²) < 4.78 is 0. The van der Waals surface area contributed by atoms with E-state index in [0.717, 1.165) is 12.6 Å². The number of nitrogens with two attached hydrogens (primary N) is 1. The molecule has 2 nitrogen and oxygen atoms in total. The van der Waals surface area contributed by atoms with E-state index < -0.39 is 0 Å². The quantitative estimate of drug-likeness (QED) is 0.651. The standard InChI is InChI=1S/C9H20N2/c1-3-6-11-7-9(10)5-4-8(11)2/h8-9H,3-7,10H2,1-2H3. The number of rotatable bonds is 2. The highest BCUT2D eigenvalue weighted by atomic mass is 15.2. The second kappa shape index (κ2) is 4.07. The molecule has 0 aromatic carbocycles. The highest BCUT2D eigenvalue weighted by molar-refractivity contribution is 4.80. The maximum Gasteiger partial charge on any atom is 0.0168 e. The van der Waals surface area contributed by atoms with Crippen LogP contribution in [0.25, 0.3) is 0 Å². The van der Waals surface area contributed by atoms with Gasteiger partial charge in [-0.25, -0.2) is 0 Å². The van der Waals surface area contributed by atoms with Crippen LogP contribution in [0.4, 0.5) is 0 Å². The van der Waals surface area contributed by atoms with Gasteiger partial charge in [-0.15, -0.1) is 0 Å². The largest absolute Gasteiger partial charge is 0.327 e. The van der Waals surface area contributed by atoms with Crippen molar-refractivity contribution >= 4 is 0 Å². The summed E-state index contributed by atoms with van der Waals surface area (Å²) in [7, 11) is 0. The van der Waals surface area contributed by atoms with E-state index in [1.165, 1.54) is 25.8 Å². The van der Waals surface area contributed by atoms with Gasteiger partial charge >= 0.3 is 0 Å². The third-order valence-corrected chi connectivity index (χ3v) is 2.56. The van der Waals surface area contributed by atoms with E-state index in [1.54, 1.807) is 0 Å². The Morgan fingerprint density at radius 1 is 1.45 bits per heavy atom. The van der Waals surface area contributed by atoms with E-state index in [4.69, 9.17) is 5.73 Å². The molecule has 0 amide bonds. The number of hydrogen-bond acceptors (Lipinski definition) is 2. The van der Waals surface area contributed by atoms with Crippen molar-refractivity contribution in [3.05, 3.63) is 0 Å². The van der Waals surface area contributed by atoms with Crippen molar-refractivity contribution < 1.29 is 0 Å². The molecule has 0 aliphatic carbocycles. The third-order valence-electron chi connectivity index (χ3n) is 2.56. The van der Waals surface area contributed by atoms with E-state index in [-0.39, 0.29) is 0 Å². The average molecular weight is 156 g/mol. The van der Waals surface area contributed by atoms with Crippen LogP contribution in [0.3, 0.4) is 0 Å². The Morgan fingerprint density at radius 3 is 2.82 bits per heavy atom. The number of likely N-dealkylation sites (tertiary alicyclic amines) is 1. The fourth-order valence-electron chi connectivity index (χ4n) is 1.81. The molecule has 1 heterocycles. The Labute approximate surface area is 69.8 Å². The Bertz CT molecular complexity index is 114. The van der Waals surface area contributed by atoms with Crippen LogP contribution in [0.15, 0.2) is 0 Å². The van der Waals surface area contributed by atoms with Crippen molar-refractivity contribution in [2.24, 2.45) is 5.73 Å². The number of hydrogen-bond donors (Lipinski definition) is 1. The molecule has 2 unspecified atom stereocenters. The smallest absolute Gasteiger partial charge is 0.0168 e. The first kappa shape index (κ1) is 9.01. The maximum absolute atomic E-state index is 5.88. The van der Waals surface area contributed by atoms with Gasteiger partial charge in [-0.05, 0) is 32.7 Å². The zero-order valence-electron chi connectivity index (χ0n) is 7.71. The molecule has 2 heteroatoms. The molecular formula is C9H20N2. The lowest BCUT2D eigenvalue weighted by Gasteiger charge is -2.36. The minimum absolute atomic E-state index is 0.428. The first-order valence-corrected chi connectivity index (χ1v) is 4.73. The van der Waals surface area contributed by atoms with Gasteiger partial charge < -0.3 is 5.73 Å². The monoisotopic (exact) mass is 156 g/mol. The van der Waals surface area contributed by atoms with Crippen molar-refractivity contribution in [3.63, 3.8) is 0 Å². The van der Waals surface area contributed by atoms with Crippen LogP contribution in [0, 0.1) is 0 Å². The zero-order valence-corrected chi connectivity index (χ0v) is 7.71. The van der Waals surface area contributed by atoms with E-state index in [9.17, 15) is 0 Å².